The zero-order valence-corrected chi connectivity index (χ0v) is 13.3. The third-order valence-electron chi connectivity index (χ3n) is 5.00. The van der Waals surface area contributed by atoms with Crippen LogP contribution in [-0.4, -0.2) is 0 Å². The number of hydrogen-bond donors (Lipinski definition) is 1. The first-order valence-electron chi connectivity index (χ1n) is 8.56. The Morgan fingerprint density at radius 3 is 2.45 bits per heavy atom. The van der Waals surface area contributed by atoms with Crippen molar-refractivity contribution in [1.82, 2.24) is 0 Å². The molecule has 0 aliphatic heterocycles. The SMILES string of the molecule is CCCc1ccc(C2(N)CCCC(CCC)CC2)cc1. The molecule has 0 spiro atoms. The van der Waals surface area contributed by atoms with E-state index in [1.165, 1.54) is 56.1 Å². The van der Waals surface area contributed by atoms with E-state index in [2.05, 4.69) is 38.1 Å². The van der Waals surface area contributed by atoms with Gasteiger partial charge in [0.25, 0.3) is 0 Å². The van der Waals surface area contributed by atoms with Crippen molar-refractivity contribution in [2.24, 2.45) is 11.7 Å². The van der Waals surface area contributed by atoms with Crippen LogP contribution < -0.4 is 5.73 Å². The molecule has 20 heavy (non-hydrogen) atoms. The third-order valence-corrected chi connectivity index (χ3v) is 5.00. The first-order chi connectivity index (χ1) is 9.68. The van der Waals surface area contributed by atoms with E-state index >= 15 is 0 Å². The molecule has 0 heterocycles. The summed E-state index contributed by atoms with van der Waals surface area (Å²) in [6.45, 7) is 4.53. The summed E-state index contributed by atoms with van der Waals surface area (Å²) in [5, 5.41) is 0. The van der Waals surface area contributed by atoms with Gasteiger partial charge in [-0.25, -0.2) is 0 Å². The summed E-state index contributed by atoms with van der Waals surface area (Å²) < 4.78 is 0. The van der Waals surface area contributed by atoms with E-state index in [1.807, 2.05) is 0 Å². The van der Waals surface area contributed by atoms with Gasteiger partial charge in [0.05, 0.1) is 0 Å². The fraction of sp³-hybridized carbons (Fsp3) is 0.684. The molecule has 0 radical (unpaired) electrons. The Kier molecular flexibility index (Phi) is 5.65. The lowest BCUT2D eigenvalue weighted by Gasteiger charge is -2.29. The third kappa shape index (κ3) is 3.85. The molecular formula is C19H31N. The highest BCUT2D eigenvalue weighted by Crippen LogP contribution is 2.37. The summed E-state index contributed by atoms with van der Waals surface area (Å²) in [5.41, 5.74) is 9.48. The maximum atomic E-state index is 6.76. The van der Waals surface area contributed by atoms with E-state index in [0.29, 0.717) is 0 Å². The molecule has 112 valence electrons. The lowest BCUT2D eigenvalue weighted by molar-refractivity contribution is 0.367. The fourth-order valence-electron chi connectivity index (χ4n) is 3.71. The van der Waals surface area contributed by atoms with E-state index in [4.69, 9.17) is 5.73 Å². The smallest absolute Gasteiger partial charge is 0.0409 e. The van der Waals surface area contributed by atoms with Gasteiger partial charge in [-0.3, -0.25) is 0 Å². The molecule has 0 aromatic heterocycles. The van der Waals surface area contributed by atoms with E-state index < -0.39 is 0 Å². The minimum Gasteiger partial charge on any atom is -0.321 e. The van der Waals surface area contributed by atoms with Gasteiger partial charge in [-0.1, -0.05) is 70.2 Å². The summed E-state index contributed by atoms with van der Waals surface area (Å²) in [6, 6.07) is 9.13. The Bertz CT molecular complexity index is 395. The molecule has 2 N–H and O–H groups in total. The molecule has 0 amide bonds. The first-order valence-corrected chi connectivity index (χ1v) is 8.56. The lowest BCUT2D eigenvalue weighted by Crippen LogP contribution is -2.36. The van der Waals surface area contributed by atoms with Crippen LogP contribution in [0.1, 0.15) is 76.3 Å². The normalized spacial score (nSPS) is 27.2. The van der Waals surface area contributed by atoms with Crippen molar-refractivity contribution in [2.45, 2.75) is 77.2 Å². The van der Waals surface area contributed by atoms with Gasteiger partial charge in [-0.15, -0.1) is 0 Å². The van der Waals surface area contributed by atoms with Gasteiger partial charge < -0.3 is 5.73 Å². The molecule has 2 unspecified atom stereocenters. The zero-order valence-electron chi connectivity index (χ0n) is 13.3. The highest BCUT2D eigenvalue weighted by atomic mass is 14.7. The van der Waals surface area contributed by atoms with Crippen molar-refractivity contribution in [1.29, 1.82) is 0 Å². The van der Waals surface area contributed by atoms with Gasteiger partial charge in [-0.05, 0) is 42.7 Å². The molecule has 0 saturated heterocycles. The van der Waals surface area contributed by atoms with Gasteiger partial charge in [0.2, 0.25) is 0 Å². The first kappa shape index (κ1) is 15.6. The van der Waals surface area contributed by atoms with Gasteiger partial charge >= 0.3 is 0 Å². The van der Waals surface area contributed by atoms with Crippen LogP contribution in [0.4, 0.5) is 0 Å². The van der Waals surface area contributed by atoms with Crippen LogP contribution in [0.25, 0.3) is 0 Å². The van der Waals surface area contributed by atoms with E-state index in [0.717, 1.165) is 18.8 Å². The fourth-order valence-corrected chi connectivity index (χ4v) is 3.71. The Morgan fingerprint density at radius 1 is 1.05 bits per heavy atom. The van der Waals surface area contributed by atoms with Crippen molar-refractivity contribution >= 4 is 0 Å². The van der Waals surface area contributed by atoms with Crippen molar-refractivity contribution in [2.75, 3.05) is 0 Å². The summed E-state index contributed by atoms with van der Waals surface area (Å²) in [6.07, 6.45) is 11.4. The second kappa shape index (κ2) is 7.26. The van der Waals surface area contributed by atoms with Gasteiger partial charge in [-0.2, -0.15) is 0 Å². The standard InChI is InChI=1S/C19H31N/c1-3-6-16-8-5-14-19(20,15-13-16)18-11-9-17(7-4-2)10-12-18/h9-12,16H,3-8,13-15,20H2,1-2H3. The van der Waals surface area contributed by atoms with Crippen LogP contribution >= 0.6 is 0 Å². The van der Waals surface area contributed by atoms with Crippen molar-refractivity contribution < 1.29 is 0 Å². The highest BCUT2D eigenvalue weighted by molar-refractivity contribution is 5.28. The van der Waals surface area contributed by atoms with Crippen molar-refractivity contribution in [3.8, 4) is 0 Å². The number of nitrogens with two attached hydrogens (primary N) is 1. The summed E-state index contributed by atoms with van der Waals surface area (Å²) in [7, 11) is 0. The maximum Gasteiger partial charge on any atom is 0.0409 e. The topological polar surface area (TPSA) is 26.0 Å². The van der Waals surface area contributed by atoms with Gasteiger partial charge in [0, 0.05) is 5.54 Å². The average Bonchev–Trinajstić information content (AvgIpc) is 2.64. The van der Waals surface area contributed by atoms with Crippen LogP contribution in [0.5, 0.6) is 0 Å². The van der Waals surface area contributed by atoms with Gasteiger partial charge in [0.15, 0.2) is 0 Å². The Labute approximate surface area is 125 Å². The van der Waals surface area contributed by atoms with Crippen molar-refractivity contribution in [3.63, 3.8) is 0 Å². The maximum absolute atomic E-state index is 6.76. The summed E-state index contributed by atoms with van der Waals surface area (Å²) in [4.78, 5) is 0. The Morgan fingerprint density at radius 2 is 1.80 bits per heavy atom. The zero-order chi connectivity index (χ0) is 14.4. The molecule has 1 nitrogen and oxygen atoms in total. The van der Waals surface area contributed by atoms with E-state index in [9.17, 15) is 0 Å². The van der Waals surface area contributed by atoms with Crippen LogP contribution in [0.3, 0.4) is 0 Å². The lowest BCUT2D eigenvalue weighted by atomic mass is 9.83. The monoisotopic (exact) mass is 273 g/mol. The summed E-state index contributed by atoms with van der Waals surface area (Å²) >= 11 is 0. The molecule has 1 aliphatic carbocycles. The average molecular weight is 273 g/mol. The Hall–Kier alpha value is -0.820. The second-order valence-corrected chi connectivity index (χ2v) is 6.69. The number of aryl methyl sites for hydroxylation is 1. The molecule has 2 atom stereocenters. The van der Waals surface area contributed by atoms with Gasteiger partial charge in [0.1, 0.15) is 0 Å². The molecule has 1 fully saturated rings. The quantitative estimate of drug-likeness (QED) is 0.735. The predicted octanol–water partition coefficient (Wildman–Crippen LogP) is 5.17. The van der Waals surface area contributed by atoms with Crippen LogP contribution in [-0.2, 0) is 12.0 Å². The van der Waals surface area contributed by atoms with Crippen molar-refractivity contribution in [3.05, 3.63) is 35.4 Å². The molecular weight excluding hydrogens is 242 g/mol. The molecule has 1 aromatic rings. The second-order valence-electron chi connectivity index (χ2n) is 6.69. The molecule has 1 aromatic carbocycles. The van der Waals surface area contributed by atoms with Crippen LogP contribution in [0.15, 0.2) is 24.3 Å². The molecule has 1 saturated carbocycles. The number of rotatable bonds is 5. The number of hydrogen-bond acceptors (Lipinski definition) is 1. The molecule has 2 rings (SSSR count). The summed E-state index contributed by atoms with van der Waals surface area (Å²) in [5.74, 6) is 0.907. The Balaban J connectivity index is 2.05. The molecule has 1 aliphatic rings. The van der Waals surface area contributed by atoms with E-state index in [1.54, 1.807) is 0 Å². The highest BCUT2D eigenvalue weighted by Gasteiger charge is 2.30. The predicted molar refractivity (Wildman–Crippen MR) is 87.8 cm³/mol. The largest absolute Gasteiger partial charge is 0.321 e. The van der Waals surface area contributed by atoms with E-state index in [-0.39, 0.29) is 5.54 Å². The number of benzene rings is 1. The van der Waals surface area contributed by atoms with Crippen LogP contribution in [0, 0.1) is 5.92 Å². The van der Waals surface area contributed by atoms with Crippen LogP contribution in [0.2, 0.25) is 0 Å². The minimum atomic E-state index is -0.0762. The molecule has 0 bridgehead atoms. The minimum absolute atomic E-state index is 0.0762. The molecule has 1 heteroatoms.